The van der Waals surface area contributed by atoms with Crippen molar-refractivity contribution >= 4 is 51.5 Å². The summed E-state index contributed by atoms with van der Waals surface area (Å²) in [6.45, 7) is 2.20. The summed E-state index contributed by atoms with van der Waals surface area (Å²) in [4.78, 5) is 31.8. The molecule has 1 aromatic heterocycles. The molecule has 170 valence electrons. The number of carbonyl (C=O) groups excluding carboxylic acids is 2. The van der Waals surface area contributed by atoms with Crippen LogP contribution in [0.1, 0.15) is 79.2 Å². The van der Waals surface area contributed by atoms with Gasteiger partial charge in [0.2, 0.25) is 5.91 Å². The van der Waals surface area contributed by atoms with E-state index >= 15 is 0 Å². The molecule has 1 aliphatic heterocycles. The minimum atomic E-state index is -0.117. The lowest BCUT2D eigenvalue weighted by Crippen LogP contribution is -2.41. The van der Waals surface area contributed by atoms with Gasteiger partial charge in [-0.15, -0.1) is 11.3 Å². The summed E-state index contributed by atoms with van der Waals surface area (Å²) in [5, 5.41) is 9.12. The molecule has 0 bridgehead atoms. The van der Waals surface area contributed by atoms with E-state index in [0.717, 1.165) is 53.9 Å². The lowest BCUT2D eigenvalue weighted by molar-refractivity contribution is -0.137. The molecule has 0 unspecified atom stereocenters. The van der Waals surface area contributed by atoms with E-state index in [0.29, 0.717) is 30.1 Å². The molecule has 0 spiro atoms. The Labute approximate surface area is 198 Å². The minimum absolute atomic E-state index is 0.117. The zero-order chi connectivity index (χ0) is 21.6. The summed E-state index contributed by atoms with van der Waals surface area (Å²) >= 11 is 8.43. The third-order valence-electron chi connectivity index (χ3n) is 6.38. The first-order valence-electron chi connectivity index (χ1n) is 11.6. The van der Waals surface area contributed by atoms with Gasteiger partial charge in [-0.1, -0.05) is 43.2 Å². The third kappa shape index (κ3) is 6.65. The van der Waals surface area contributed by atoms with Crippen molar-refractivity contribution in [1.82, 2.24) is 20.5 Å². The smallest absolute Gasteiger partial charge is 0.270 e. The number of piperidine rings is 1. The van der Waals surface area contributed by atoms with Gasteiger partial charge < -0.3 is 15.5 Å². The largest absolute Gasteiger partial charge is 0.368 e. The number of aromatic nitrogens is 1. The molecule has 3 aliphatic rings. The molecular weight excluding hydrogens is 448 g/mol. The normalized spacial score (nSPS) is 20.5. The van der Waals surface area contributed by atoms with Gasteiger partial charge in [0.1, 0.15) is 10.0 Å². The second-order valence-corrected chi connectivity index (χ2v) is 11.5. The van der Waals surface area contributed by atoms with E-state index in [-0.39, 0.29) is 11.8 Å². The molecule has 0 aromatic carbocycles. The fourth-order valence-electron chi connectivity index (χ4n) is 4.37. The number of hydrogen-bond donors (Lipinski definition) is 2. The predicted molar refractivity (Wildman–Crippen MR) is 131 cm³/mol. The number of nitrogens with one attached hydrogen (secondary N) is 2. The standard InChI is InChI=1S/C22H32N4O2S3/c27-19(23-10-13-30-22(29)24-17-6-7-17)18-14-31-20(25-18)15-8-11-26(12-9-15)21(28)16-4-2-1-3-5-16/h14-17H,1-13H2,(H,23,27)(H,24,29). The molecule has 2 heterocycles. The van der Waals surface area contributed by atoms with Gasteiger partial charge in [-0.25, -0.2) is 4.98 Å². The number of nitrogens with zero attached hydrogens (tertiary/aromatic N) is 2. The van der Waals surface area contributed by atoms with Gasteiger partial charge in [0, 0.05) is 48.6 Å². The first kappa shape index (κ1) is 23.0. The van der Waals surface area contributed by atoms with E-state index in [1.54, 1.807) is 23.1 Å². The summed E-state index contributed by atoms with van der Waals surface area (Å²) in [6, 6.07) is 0.570. The molecule has 4 rings (SSSR count). The Balaban J connectivity index is 1.17. The number of likely N-dealkylation sites (tertiary alicyclic amines) is 1. The molecule has 1 aromatic rings. The van der Waals surface area contributed by atoms with Gasteiger partial charge in [-0.3, -0.25) is 9.59 Å². The third-order valence-corrected chi connectivity index (χ3v) is 8.65. The minimum Gasteiger partial charge on any atom is -0.368 e. The summed E-state index contributed by atoms with van der Waals surface area (Å²) in [7, 11) is 0. The van der Waals surface area contributed by atoms with Crippen LogP contribution in [0.3, 0.4) is 0 Å². The van der Waals surface area contributed by atoms with Crippen LogP contribution in [-0.4, -0.2) is 57.4 Å². The Morgan fingerprint density at radius 3 is 2.58 bits per heavy atom. The van der Waals surface area contributed by atoms with Crippen LogP contribution in [0, 0.1) is 5.92 Å². The summed E-state index contributed by atoms with van der Waals surface area (Å²) in [6.07, 6.45) is 10.1. The van der Waals surface area contributed by atoms with Gasteiger partial charge in [0.15, 0.2) is 0 Å². The van der Waals surface area contributed by atoms with Gasteiger partial charge in [-0.2, -0.15) is 0 Å². The monoisotopic (exact) mass is 480 g/mol. The first-order valence-corrected chi connectivity index (χ1v) is 13.8. The average molecular weight is 481 g/mol. The number of amides is 2. The lowest BCUT2D eigenvalue weighted by atomic mass is 9.87. The Morgan fingerprint density at radius 1 is 1.13 bits per heavy atom. The van der Waals surface area contributed by atoms with Crippen molar-refractivity contribution in [2.75, 3.05) is 25.4 Å². The number of thiocarbonyl (C=S) groups is 1. The maximum absolute atomic E-state index is 12.8. The molecule has 6 nitrogen and oxygen atoms in total. The fraction of sp³-hybridized carbons (Fsp3) is 0.727. The summed E-state index contributed by atoms with van der Waals surface area (Å²) < 4.78 is 0.820. The van der Waals surface area contributed by atoms with E-state index in [4.69, 9.17) is 12.2 Å². The van der Waals surface area contributed by atoms with Gasteiger partial charge >= 0.3 is 0 Å². The van der Waals surface area contributed by atoms with E-state index < -0.39 is 0 Å². The van der Waals surface area contributed by atoms with Crippen LogP contribution in [0.2, 0.25) is 0 Å². The molecule has 0 radical (unpaired) electrons. The molecule has 2 aliphatic carbocycles. The van der Waals surface area contributed by atoms with E-state index in [2.05, 4.69) is 20.5 Å². The van der Waals surface area contributed by atoms with Crippen LogP contribution in [0.25, 0.3) is 0 Å². The molecule has 2 saturated carbocycles. The van der Waals surface area contributed by atoms with Crippen molar-refractivity contribution in [2.45, 2.75) is 69.7 Å². The molecule has 2 N–H and O–H groups in total. The Kier molecular flexibility index (Phi) is 8.23. The Morgan fingerprint density at radius 2 is 1.87 bits per heavy atom. The summed E-state index contributed by atoms with van der Waals surface area (Å²) in [5.41, 5.74) is 0.504. The van der Waals surface area contributed by atoms with Crippen molar-refractivity contribution < 1.29 is 9.59 Å². The van der Waals surface area contributed by atoms with Crippen LogP contribution in [0.4, 0.5) is 0 Å². The van der Waals surface area contributed by atoms with Gasteiger partial charge in [-0.05, 0) is 38.5 Å². The van der Waals surface area contributed by atoms with E-state index in [9.17, 15) is 9.59 Å². The second-order valence-electron chi connectivity index (χ2n) is 8.82. The molecule has 1 saturated heterocycles. The SMILES string of the molecule is O=C(NCCSC(=S)NC1CC1)c1csc(C2CCN(C(=O)C3CCCCC3)CC2)n1. The molecular formula is C22H32N4O2S3. The maximum atomic E-state index is 12.8. The predicted octanol–water partition coefficient (Wildman–Crippen LogP) is 3.93. The highest BCUT2D eigenvalue weighted by molar-refractivity contribution is 8.22. The van der Waals surface area contributed by atoms with Gasteiger partial charge in [0.25, 0.3) is 5.91 Å². The fourth-order valence-corrected chi connectivity index (χ4v) is 6.40. The molecule has 3 fully saturated rings. The molecule has 31 heavy (non-hydrogen) atoms. The van der Waals surface area contributed by atoms with Crippen LogP contribution in [0.15, 0.2) is 5.38 Å². The van der Waals surface area contributed by atoms with Crippen molar-refractivity contribution in [3.8, 4) is 0 Å². The van der Waals surface area contributed by atoms with Crippen molar-refractivity contribution in [3.05, 3.63) is 16.1 Å². The number of thioether (sulfide) groups is 1. The van der Waals surface area contributed by atoms with Crippen LogP contribution < -0.4 is 10.6 Å². The quantitative estimate of drug-likeness (QED) is 0.455. The van der Waals surface area contributed by atoms with Gasteiger partial charge in [0.05, 0.1) is 5.01 Å². The van der Waals surface area contributed by atoms with Crippen LogP contribution in [-0.2, 0) is 4.79 Å². The van der Waals surface area contributed by atoms with E-state index in [1.165, 1.54) is 32.1 Å². The average Bonchev–Trinajstić information content (AvgIpc) is 3.47. The molecule has 9 heteroatoms. The number of rotatable bonds is 7. The van der Waals surface area contributed by atoms with E-state index in [1.807, 2.05) is 5.38 Å². The lowest BCUT2D eigenvalue weighted by Gasteiger charge is -2.34. The zero-order valence-corrected chi connectivity index (χ0v) is 20.4. The first-order chi connectivity index (χ1) is 15.1. The maximum Gasteiger partial charge on any atom is 0.270 e. The molecule has 0 atom stereocenters. The van der Waals surface area contributed by atoms with Crippen LogP contribution in [0.5, 0.6) is 0 Å². The Bertz CT molecular complexity index is 781. The zero-order valence-electron chi connectivity index (χ0n) is 17.9. The highest BCUT2D eigenvalue weighted by atomic mass is 32.2. The van der Waals surface area contributed by atoms with Crippen LogP contribution >= 0.6 is 35.3 Å². The number of thiazole rings is 1. The van der Waals surface area contributed by atoms with Crippen molar-refractivity contribution in [2.24, 2.45) is 5.92 Å². The highest BCUT2D eigenvalue weighted by Gasteiger charge is 2.30. The summed E-state index contributed by atoms with van der Waals surface area (Å²) in [5.74, 6) is 1.60. The number of hydrogen-bond acceptors (Lipinski definition) is 6. The highest BCUT2D eigenvalue weighted by Crippen LogP contribution is 2.32. The molecule has 2 amide bonds. The second kappa shape index (κ2) is 11.1. The van der Waals surface area contributed by atoms with Crippen molar-refractivity contribution in [3.63, 3.8) is 0 Å². The van der Waals surface area contributed by atoms with Crippen molar-refractivity contribution in [1.29, 1.82) is 0 Å². The Hall–Kier alpha value is -1.19. The number of carbonyl (C=O) groups is 2. The topological polar surface area (TPSA) is 74.3 Å².